The number of hydrogen-bond donors (Lipinski definition) is 2. The topological polar surface area (TPSA) is 108 Å². The second kappa shape index (κ2) is 56.4. The molecule has 1 amide bonds. The van der Waals surface area contributed by atoms with Crippen LogP contribution in [0.5, 0.6) is 0 Å². The summed E-state index contributed by atoms with van der Waals surface area (Å²) in [5.74, 6) is -0.195. The monoisotopic (exact) mass is 1060 g/mol. The summed E-state index contributed by atoms with van der Waals surface area (Å²) in [5.41, 5.74) is 0. The van der Waals surface area contributed by atoms with E-state index < -0.39 is 20.0 Å². The summed E-state index contributed by atoms with van der Waals surface area (Å²) < 4.78 is 23.4. The maximum atomic E-state index is 13.0. The number of nitrogens with zero attached hydrogens (tertiary/aromatic N) is 1. The minimum Gasteiger partial charge on any atom is -0.756 e. The molecule has 0 rings (SSSR count). The molecule has 8 nitrogen and oxygen atoms in total. The number of hydrogen-bond acceptors (Lipinski definition) is 6. The van der Waals surface area contributed by atoms with E-state index in [4.69, 9.17) is 9.05 Å². The van der Waals surface area contributed by atoms with Crippen LogP contribution in [0.1, 0.15) is 322 Å². The Morgan fingerprint density at radius 2 is 0.784 bits per heavy atom. The minimum absolute atomic E-state index is 0.000586. The van der Waals surface area contributed by atoms with E-state index in [-0.39, 0.29) is 19.1 Å². The maximum absolute atomic E-state index is 13.0. The lowest BCUT2D eigenvalue weighted by Crippen LogP contribution is -2.45. The van der Waals surface area contributed by atoms with Crippen LogP contribution in [-0.4, -0.2) is 68.5 Å². The molecule has 0 aliphatic rings. The average Bonchev–Trinajstić information content (AvgIpc) is 3.36. The first-order valence-corrected chi connectivity index (χ1v) is 33.8. The van der Waals surface area contributed by atoms with Gasteiger partial charge in [-0.05, 0) is 51.4 Å². The van der Waals surface area contributed by atoms with Crippen LogP contribution in [-0.2, 0) is 18.4 Å². The van der Waals surface area contributed by atoms with E-state index in [9.17, 15) is 19.4 Å². The molecule has 0 bridgehead atoms. The van der Waals surface area contributed by atoms with Crippen molar-refractivity contribution in [2.45, 2.75) is 334 Å². The van der Waals surface area contributed by atoms with Crippen LogP contribution in [0.4, 0.5) is 0 Å². The molecule has 0 heterocycles. The van der Waals surface area contributed by atoms with Crippen molar-refractivity contribution in [3.8, 4) is 0 Å². The van der Waals surface area contributed by atoms with Crippen molar-refractivity contribution in [1.82, 2.24) is 5.32 Å². The van der Waals surface area contributed by atoms with Gasteiger partial charge < -0.3 is 28.8 Å². The quantitative estimate of drug-likeness (QED) is 0.0272. The van der Waals surface area contributed by atoms with Crippen LogP contribution >= 0.6 is 7.82 Å². The summed E-state index contributed by atoms with van der Waals surface area (Å²) in [6.45, 7) is 4.70. The van der Waals surface area contributed by atoms with Gasteiger partial charge in [0, 0.05) is 6.42 Å². The first kappa shape index (κ1) is 72.7. The Kier molecular flexibility index (Phi) is 55.5. The first-order valence-electron chi connectivity index (χ1n) is 32.4. The summed E-state index contributed by atoms with van der Waals surface area (Å²) in [6.07, 6.45) is 73.8. The van der Waals surface area contributed by atoms with Crippen LogP contribution in [0.3, 0.4) is 0 Å². The highest BCUT2D eigenvalue weighted by atomic mass is 31.2. The lowest BCUT2D eigenvalue weighted by molar-refractivity contribution is -0.870. The molecule has 2 N–H and O–H groups in total. The number of carbonyl (C=O) groups excluding carboxylic acids is 1. The minimum atomic E-state index is -4.60. The van der Waals surface area contributed by atoms with Crippen LogP contribution < -0.4 is 10.2 Å². The largest absolute Gasteiger partial charge is 0.756 e. The molecular weight excluding hydrogens is 936 g/mol. The fraction of sp³-hybridized carbons (Fsp3) is 0.892. The number of carbonyl (C=O) groups is 1. The van der Waals surface area contributed by atoms with Crippen LogP contribution in [0.2, 0.25) is 0 Å². The predicted molar refractivity (Wildman–Crippen MR) is 321 cm³/mol. The van der Waals surface area contributed by atoms with Crippen molar-refractivity contribution >= 4 is 13.7 Å². The third-order valence-corrected chi connectivity index (χ3v) is 15.8. The molecule has 0 aromatic heterocycles. The van der Waals surface area contributed by atoms with Gasteiger partial charge in [-0.25, -0.2) is 0 Å². The highest BCUT2D eigenvalue weighted by Crippen LogP contribution is 2.38. The van der Waals surface area contributed by atoms with Crippen molar-refractivity contribution < 1.29 is 32.9 Å². The Hall–Kier alpha value is -1.28. The van der Waals surface area contributed by atoms with Gasteiger partial charge >= 0.3 is 0 Å². The first-order chi connectivity index (χ1) is 36.0. The summed E-state index contributed by atoms with van der Waals surface area (Å²) in [4.78, 5) is 25.6. The van der Waals surface area contributed by atoms with Gasteiger partial charge in [0.05, 0.1) is 39.9 Å². The van der Waals surface area contributed by atoms with Crippen molar-refractivity contribution in [2.75, 3.05) is 40.9 Å². The number of phosphoric acid groups is 1. The Labute approximate surface area is 461 Å². The van der Waals surface area contributed by atoms with E-state index in [2.05, 4.69) is 43.5 Å². The molecule has 0 aromatic carbocycles. The van der Waals surface area contributed by atoms with Crippen LogP contribution in [0.25, 0.3) is 0 Å². The van der Waals surface area contributed by atoms with E-state index in [0.717, 1.165) is 44.9 Å². The highest BCUT2D eigenvalue weighted by Gasteiger charge is 2.23. The molecule has 438 valence electrons. The molecule has 3 atom stereocenters. The van der Waals surface area contributed by atoms with Gasteiger partial charge in [0.25, 0.3) is 7.82 Å². The number of nitrogens with one attached hydrogen (secondary N) is 1. The molecule has 0 aliphatic heterocycles. The summed E-state index contributed by atoms with van der Waals surface area (Å²) in [5, 5.41) is 13.9. The Bertz CT molecular complexity index is 1300. The number of phosphoric ester groups is 1. The second-order valence-electron chi connectivity index (χ2n) is 23.5. The third-order valence-electron chi connectivity index (χ3n) is 14.8. The van der Waals surface area contributed by atoms with E-state index in [0.29, 0.717) is 17.4 Å². The van der Waals surface area contributed by atoms with Gasteiger partial charge in [0.15, 0.2) is 0 Å². The van der Waals surface area contributed by atoms with Crippen LogP contribution in [0.15, 0.2) is 36.5 Å². The SMILES string of the molecule is CCCCCCCCCCC/C=C\C/C=C\CCCCCCCCCCCCCC(=O)NC(COP(=O)([O-])OCC[N+](C)(C)C)C(O)/C=C/CCCCCCCCCCCCCCCCCCCCCCCCC. The summed E-state index contributed by atoms with van der Waals surface area (Å²) >= 11 is 0. The predicted octanol–water partition coefficient (Wildman–Crippen LogP) is 19.5. The zero-order valence-electron chi connectivity index (χ0n) is 50.1. The fourth-order valence-electron chi connectivity index (χ4n) is 9.78. The van der Waals surface area contributed by atoms with Crippen molar-refractivity contribution in [3.05, 3.63) is 36.5 Å². The van der Waals surface area contributed by atoms with Crippen molar-refractivity contribution in [2.24, 2.45) is 0 Å². The molecule has 0 saturated carbocycles. The normalized spacial score (nSPS) is 14.0. The van der Waals surface area contributed by atoms with Gasteiger partial charge in [-0.2, -0.15) is 0 Å². The number of aliphatic hydroxyl groups is 1. The number of rotatable bonds is 60. The van der Waals surface area contributed by atoms with Gasteiger partial charge in [-0.1, -0.05) is 301 Å². The number of unbranched alkanes of at least 4 members (excludes halogenated alkanes) is 43. The molecule has 0 radical (unpaired) electrons. The van der Waals surface area contributed by atoms with E-state index in [1.807, 2.05) is 27.2 Å². The number of amides is 1. The molecule has 0 fully saturated rings. The van der Waals surface area contributed by atoms with Gasteiger partial charge in [0.1, 0.15) is 13.2 Å². The lowest BCUT2D eigenvalue weighted by atomic mass is 10.0. The number of allylic oxidation sites excluding steroid dienone is 5. The Morgan fingerprint density at radius 3 is 1.12 bits per heavy atom. The molecule has 0 spiro atoms. The van der Waals surface area contributed by atoms with E-state index >= 15 is 0 Å². The van der Waals surface area contributed by atoms with Crippen molar-refractivity contribution in [1.29, 1.82) is 0 Å². The summed E-state index contributed by atoms with van der Waals surface area (Å²) in [6, 6.07) is -0.889. The van der Waals surface area contributed by atoms with Crippen LogP contribution in [0, 0.1) is 0 Å². The molecule has 74 heavy (non-hydrogen) atoms. The van der Waals surface area contributed by atoms with Crippen molar-refractivity contribution in [3.63, 3.8) is 0 Å². The Balaban J connectivity index is 4.13. The number of quaternary nitrogens is 1. The third kappa shape index (κ3) is 58.4. The van der Waals surface area contributed by atoms with Gasteiger partial charge in [0.2, 0.25) is 5.91 Å². The van der Waals surface area contributed by atoms with Gasteiger partial charge in [-0.15, -0.1) is 0 Å². The summed E-state index contributed by atoms with van der Waals surface area (Å²) in [7, 11) is 1.27. The molecule has 0 saturated heterocycles. The molecular formula is C65H127N2O6P. The zero-order valence-corrected chi connectivity index (χ0v) is 51.0. The molecule has 0 aliphatic carbocycles. The van der Waals surface area contributed by atoms with E-state index in [1.165, 1.54) is 257 Å². The maximum Gasteiger partial charge on any atom is 0.268 e. The van der Waals surface area contributed by atoms with E-state index in [1.54, 1.807) is 6.08 Å². The molecule has 3 unspecified atom stereocenters. The fourth-order valence-corrected chi connectivity index (χ4v) is 10.5. The Morgan fingerprint density at radius 1 is 0.473 bits per heavy atom. The molecule has 9 heteroatoms. The lowest BCUT2D eigenvalue weighted by Gasteiger charge is -2.29. The zero-order chi connectivity index (χ0) is 54.2. The average molecular weight is 1060 g/mol. The highest BCUT2D eigenvalue weighted by molar-refractivity contribution is 7.45. The second-order valence-corrected chi connectivity index (χ2v) is 24.9. The smallest absolute Gasteiger partial charge is 0.268 e. The standard InChI is InChI=1S/C65H127N2O6P/c1-6-8-10-12-14-16-18-20-22-24-26-28-30-32-33-35-37-39-41-43-45-47-49-51-53-55-57-59-65(69)66-63(62-73-74(70,71)72-61-60-67(3,4)5)64(68)58-56-54-52-50-48-46-44-42-40-38-36-34-31-29-27-25-23-21-19-17-15-13-11-9-7-2/h26,28,32-33,56,58,63-64,68H,6-25,27,29-31,34-55,57,59-62H2,1-5H3,(H-,66,69,70,71)/b28-26-,33-32-,58-56+. The number of likely N-dealkylation sites (N-methyl/N-ethyl adjacent to an activating group) is 1. The number of aliphatic hydroxyl groups excluding tert-OH is 1. The van der Waals surface area contributed by atoms with Gasteiger partial charge in [-0.3, -0.25) is 9.36 Å². The molecule has 0 aromatic rings.